The number of nitro benzene ring substituents is 1. The fraction of sp³-hybridized carbons (Fsp3) is 0.625. The minimum absolute atomic E-state index is 0.154. The van der Waals surface area contributed by atoms with Gasteiger partial charge in [-0.1, -0.05) is 13.8 Å². The highest BCUT2D eigenvalue weighted by atomic mass is 16.6. The second-order valence-electron chi connectivity index (χ2n) is 6.24. The lowest BCUT2D eigenvalue weighted by Gasteiger charge is -2.42. The normalized spacial score (nSPS) is 25.7. The molecule has 1 N–H and O–H groups in total. The summed E-state index contributed by atoms with van der Waals surface area (Å²) in [5.74, 6) is 1.20. The van der Waals surface area contributed by atoms with Crippen molar-refractivity contribution >= 4 is 17.1 Å². The summed E-state index contributed by atoms with van der Waals surface area (Å²) in [6.07, 6.45) is 1.21. The van der Waals surface area contributed by atoms with Crippen LogP contribution in [0.5, 0.6) is 0 Å². The average Bonchev–Trinajstić information content (AvgIpc) is 2.42. The third-order valence-corrected chi connectivity index (χ3v) is 4.42. The molecule has 1 saturated heterocycles. The van der Waals surface area contributed by atoms with E-state index in [0.29, 0.717) is 17.9 Å². The zero-order chi connectivity index (χ0) is 15.6. The van der Waals surface area contributed by atoms with E-state index in [1.54, 1.807) is 12.1 Å². The van der Waals surface area contributed by atoms with Crippen LogP contribution in [0.1, 0.15) is 34.1 Å². The van der Waals surface area contributed by atoms with Crippen molar-refractivity contribution in [3.05, 3.63) is 28.3 Å². The number of benzene rings is 1. The highest BCUT2D eigenvalue weighted by Crippen LogP contribution is 2.34. The van der Waals surface area contributed by atoms with Gasteiger partial charge >= 0.3 is 0 Å². The van der Waals surface area contributed by atoms with Gasteiger partial charge in [0.2, 0.25) is 0 Å². The van der Waals surface area contributed by atoms with Crippen LogP contribution < -0.4 is 10.2 Å². The molecule has 0 radical (unpaired) electrons. The van der Waals surface area contributed by atoms with E-state index in [-0.39, 0.29) is 10.6 Å². The zero-order valence-corrected chi connectivity index (χ0v) is 13.3. The molecule has 5 heteroatoms. The Morgan fingerprint density at radius 3 is 2.67 bits per heavy atom. The Balaban J connectivity index is 2.38. The number of piperidine rings is 1. The van der Waals surface area contributed by atoms with Crippen molar-refractivity contribution in [1.29, 1.82) is 0 Å². The van der Waals surface area contributed by atoms with Crippen LogP contribution in [0.4, 0.5) is 17.1 Å². The maximum atomic E-state index is 11.2. The first-order valence-electron chi connectivity index (χ1n) is 7.72. The lowest BCUT2D eigenvalue weighted by molar-refractivity contribution is -0.384. The molecule has 1 aromatic rings. The van der Waals surface area contributed by atoms with Crippen LogP contribution in [0, 0.1) is 22.0 Å². The number of non-ortho nitro benzene ring substituents is 1. The third-order valence-electron chi connectivity index (χ3n) is 4.42. The Kier molecular flexibility index (Phi) is 4.70. The quantitative estimate of drug-likeness (QED) is 0.675. The van der Waals surface area contributed by atoms with Gasteiger partial charge in [0.1, 0.15) is 0 Å². The molecule has 5 nitrogen and oxygen atoms in total. The molecule has 1 aliphatic heterocycles. The Morgan fingerprint density at radius 2 is 2.05 bits per heavy atom. The molecule has 116 valence electrons. The second-order valence-corrected chi connectivity index (χ2v) is 6.24. The summed E-state index contributed by atoms with van der Waals surface area (Å²) in [4.78, 5) is 13.2. The Hall–Kier alpha value is -1.78. The van der Waals surface area contributed by atoms with E-state index in [1.165, 1.54) is 6.42 Å². The van der Waals surface area contributed by atoms with E-state index in [1.807, 2.05) is 13.0 Å². The number of nitrogens with zero attached hydrogens (tertiary/aromatic N) is 2. The molecule has 1 aliphatic rings. The highest BCUT2D eigenvalue weighted by Gasteiger charge is 2.29. The first-order valence-corrected chi connectivity index (χ1v) is 7.72. The first-order chi connectivity index (χ1) is 9.92. The third kappa shape index (κ3) is 3.46. The van der Waals surface area contributed by atoms with Gasteiger partial charge in [0.15, 0.2) is 0 Å². The summed E-state index contributed by atoms with van der Waals surface area (Å²) >= 11 is 0. The molecule has 1 fully saturated rings. The van der Waals surface area contributed by atoms with Gasteiger partial charge in [-0.15, -0.1) is 0 Å². The van der Waals surface area contributed by atoms with Crippen molar-refractivity contribution in [2.24, 2.45) is 11.8 Å². The van der Waals surface area contributed by atoms with Crippen molar-refractivity contribution in [3.8, 4) is 0 Å². The van der Waals surface area contributed by atoms with Crippen molar-refractivity contribution in [2.45, 2.75) is 40.2 Å². The number of nitrogens with one attached hydrogen (secondary N) is 1. The smallest absolute Gasteiger partial charge is 0.273 e. The number of hydrogen-bond donors (Lipinski definition) is 1. The summed E-state index contributed by atoms with van der Waals surface area (Å²) in [7, 11) is 0. The van der Waals surface area contributed by atoms with Crippen molar-refractivity contribution in [1.82, 2.24) is 0 Å². The minimum Gasteiger partial charge on any atom is -0.385 e. The molecular formula is C16H25N3O2. The van der Waals surface area contributed by atoms with Crippen LogP contribution in [0.15, 0.2) is 18.2 Å². The summed E-state index contributed by atoms with van der Waals surface area (Å²) in [5.41, 5.74) is 1.92. The molecule has 0 spiro atoms. The van der Waals surface area contributed by atoms with Gasteiger partial charge in [-0.2, -0.15) is 0 Å². The van der Waals surface area contributed by atoms with Crippen molar-refractivity contribution in [3.63, 3.8) is 0 Å². The molecule has 0 amide bonds. The molecule has 1 aromatic carbocycles. The van der Waals surface area contributed by atoms with E-state index < -0.39 is 0 Å². The summed E-state index contributed by atoms with van der Waals surface area (Å²) < 4.78 is 0. The number of hydrogen-bond acceptors (Lipinski definition) is 4. The summed E-state index contributed by atoms with van der Waals surface area (Å²) in [5, 5.41) is 14.4. The van der Waals surface area contributed by atoms with Gasteiger partial charge in [-0.3, -0.25) is 10.1 Å². The van der Waals surface area contributed by atoms with Crippen molar-refractivity contribution < 1.29 is 4.92 Å². The molecule has 3 atom stereocenters. The average molecular weight is 291 g/mol. The SMILES string of the molecule is CCNc1cc(N2CC(C)CC(C)C2C)cc([N+](=O)[O-])c1. The van der Waals surface area contributed by atoms with Gasteiger partial charge < -0.3 is 10.2 Å². The molecule has 0 aliphatic carbocycles. The van der Waals surface area contributed by atoms with Crippen LogP contribution in [0.2, 0.25) is 0 Å². The minimum atomic E-state index is -0.314. The Morgan fingerprint density at radius 1 is 1.33 bits per heavy atom. The van der Waals surface area contributed by atoms with Gasteiger partial charge in [0, 0.05) is 42.6 Å². The lowest BCUT2D eigenvalue weighted by Crippen LogP contribution is -2.45. The molecule has 0 bridgehead atoms. The van der Waals surface area contributed by atoms with Crippen molar-refractivity contribution in [2.75, 3.05) is 23.3 Å². The fourth-order valence-electron chi connectivity index (χ4n) is 3.23. The predicted molar refractivity (Wildman–Crippen MR) is 87.0 cm³/mol. The molecule has 2 rings (SSSR count). The maximum absolute atomic E-state index is 11.2. The number of anilines is 2. The van der Waals surface area contributed by atoms with Gasteiger partial charge in [0.25, 0.3) is 5.69 Å². The molecule has 1 heterocycles. The van der Waals surface area contributed by atoms with Gasteiger partial charge in [0.05, 0.1) is 4.92 Å². The van der Waals surface area contributed by atoms with Gasteiger partial charge in [-0.05, 0) is 38.2 Å². The van der Waals surface area contributed by atoms with Crippen LogP contribution >= 0.6 is 0 Å². The molecule has 21 heavy (non-hydrogen) atoms. The topological polar surface area (TPSA) is 58.4 Å². The predicted octanol–water partition coefficient (Wildman–Crippen LogP) is 3.90. The second kappa shape index (κ2) is 6.33. The lowest BCUT2D eigenvalue weighted by atomic mass is 9.85. The molecule has 3 unspecified atom stereocenters. The van der Waals surface area contributed by atoms with Gasteiger partial charge in [-0.25, -0.2) is 0 Å². The van der Waals surface area contributed by atoms with E-state index in [2.05, 4.69) is 31.0 Å². The Labute approximate surface area is 126 Å². The maximum Gasteiger partial charge on any atom is 0.273 e. The first kappa shape index (κ1) is 15.6. The fourth-order valence-corrected chi connectivity index (χ4v) is 3.23. The number of nitro groups is 1. The van der Waals surface area contributed by atoms with Crippen LogP contribution in [0.25, 0.3) is 0 Å². The van der Waals surface area contributed by atoms with Crippen LogP contribution in [-0.4, -0.2) is 24.1 Å². The van der Waals surface area contributed by atoms with Crippen LogP contribution in [-0.2, 0) is 0 Å². The van der Waals surface area contributed by atoms with E-state index >= 15 is 0 Å². The van der Waals surface area contributed by atoms with E-state index in [9.17, 15) is 10.1 Å². The molecule has 0 saturated carbocycles. The van der Waals surface area contributed by atoms with Crippen LogP contribution in [0.3, 0.4) is 0 Å². The standard InChI is InChI=1S/C16H25N3O2/c1-5-17-14-7-15(9-16(8-14)19(20)21)18-10-11(2)6-12(3)13(18)4/h7-9,11-13,17H,5-6,10H2,1-4H3. The summed E-state index contributed by atoms with van der Waals surface area (Å²) in [6, 6.07) is 5.73. The molecule has 0 aromatic heterocycles. The van der Waals surface area contributed by atoms with E-state index in [0.717, 1.165) is 24.5 Å². The highest BCUT2D eigenvalue weighted by molar-refractivity contribution is 5.65. The largest absolute Gasteiger partial charge is 0.385 e. The van der Waals surface area contributed by atoms with E-state index in [4.69, 9.17) is 0 Å². The number of rotatable bonds is 4. The Bertz CT molecular complexity index is 518. The molecular weight excluding hydrogens is 266 g/mol. The summed E-state index contributed by atoms with van der Waals surface area (Å²) in [6.45, 7) is 10.4. The monoisotopic (exact) mass is 291 g/mol. The zero-order valence-electron chi connectivity index (χ0n) is 13.3.